The third-order valence-electron chi connectivity index (χ3n) is 12.0. The monoisotopic (exact) mass is 792 g/mol. The second kappa shape index (κ2) is 15.8. The number of aromatic nitrogens is 3. The van der Waals surface area contributed by atoms with Gasteiger partial charge >= 0.3 is 0 Å². The van der Waals surface area contributed by atoms with Crippen LogP contribution in [0.3, 0.4) is 0 Å². The third-order valence-corrected chi connectivity index (χ3v) is 12.0. The first kappa shape index (κ1) is 36.8. The van der Waals surface area contributed by atoms with Crippen molar-refractivity contribution in [3.63, 3.8) is 0 Å². The molecule has 0 fully saturated rings. The van der Waals surface area contributed by atoms with Crippen LogP contribution >= 0.6 is 0 Å². The lowest BCUT2D eigenvalue weighted by atomic mass is 9.71. The van der Waals surface area contributed by atoms with Crippen molar-refractivity contribution in [2.45, 2.75) is 5.41 Å². The normalized spacial score (nSPS) is 12.3. The fourth-order valence-corrected chi connectivity index (χ4v) is 9.07. The van der Waals surface area contributed by atoms with Crippen LogP contribution in [-0.2, 0) is 5.41 Å². The molecule has 9 aromatic carbocycles. The summed E-state index contributed by atoms with van der Waals surface area (Å²) in [6.07, 6.45) is 0. The highest BCUT2D eigenvalue weighted by Gasteiger charge is 2.49. The Morgan fingerprint density at radius 2 is 0.597 bits per heavy atom. The number of fused-ring (bicyclic) bond motifs is 3. The van der Waals surface area contributed by atoms with Crippen LogP contribution in [0.5, 0.6) is 0 Å². The zero-order chi connectivity index (χ0) is 41.3. The van der Waals surface area contributed by atoms with Gasteiger partial charge in [0.15, 0.2) is 17.5 Å². The molecule has 1 aliphatic rings. The van der Waals surface area contributed by atoms with E-state index in [2.05, 4.69) is 211 Å². The van der Waals surface area contributed by atoms with Crippen molar-refractivity contribution in [1.29, 1.82) is 0 Å². The molecule has 62 heavy (non-hydrogen) atoms. The fourth-order valence-electron chi connectivity index (χ4n) is 9.07. The summed E-state index contributed by atoms with van der Waals surface area (Å²) in [7, 11) is 0. The Morgan fingerprint density at radius 3 is 1.00 bits per heavy atom. The van der Waals surface area contributed by atoms with Gasteiger partial charge in [0.2, 0.25) is 0 Å². The van der Waals surface area contributed by atoms with E-state index in [1.807, 2.05) is 36.4 Å². The van der Waals surface area contributed by atoms with E-state index in [4.69, 9.17) is 15.0 Å². The molecule has 0 aliphatic heterocycles. The zero-order valence-corrected chi connectivity index (χ0v) is 33.9. The molecule has 1 aliphatic carbocycles. The quantitative estimate of drug-likeness (QED) is 0.146. The van der Waals surface area contributed by atoms with Crippen molar-refractivity contribution in [2.75, 3.05) is 4.90 Å². The second-order valence-corrected chi connectivity index (χ2v) is 15.6. The Kier molecular flexibility index (Phi) is 9.36. The SMILES string of the molecule is c1ccc(-c2ccc(N(c3ccc(-c4ccccc4)cc3)c3ccc(C4(c5nc(-c6ccccc6)nc(-c6ccccc6)n5)c5ccccc5-c5ccccc54)cc3)cc2)cc1. The summed E-state index contributed by atoms with van der Waals surface area (Å²) in [4.78, 5) is 18.3. The van der Waals surface area contributed by atoms with Crippen molar-refractivity contribution in [1.82, 2.24) is 15.0 Å². The summed E-state index contributed by atoms with van der Waals surface area (Å²) < 4.78 is 0. The zero-order valence-electron chi connectivity index (χ0n) is 33.9. The van der Waals surface area contributed by atoms with Crippen molar-refractivity contribution >= 4 is 17.1 Å². The molecule has 0 radical (unpaired) electrons. The van der Waals surface area contributed by atoms with Gasteiger partial charge in [-0.05, 0) is 86.5 Å². The standard InChI is InChI=1S/C58H40N4/c1-5-17-41(18-6-1)43-29-35-48(36-30-43)62(49-37-31-44(32-38-49)42-19-7-2-8-20-42)50-39-33-47(34-40-50)58(53-27-15-13-25-51(53)52-26-14-16-28-54(52)58)57-60-55(45-21-9-3-10-22-45)59-56(61-57)46-23-11-4-12-24-46/h1-40H. The average Bonchev–Trinajstić information content (AvgIpc) is 3.67. The van der Waals surface area contributed by atoms with E-state index in [9.17, 15) is 0 Å². The van der Waals surface area contributed by atoms with Gasteiger partial charge in [0, 0.05) is 28.2 Å². The molecule has 0 bridgehead atoms. The van der Waals surface area contributed by atoms with Gasteiger partial charge in [-0.25, -0.2) is 15.0 Å². The summed E-state index contributed by atoms with van der Waals surface area (Å²) in [5.41, 5.74) is 14.6. The lowest BCUT2D eigenvalue weighted by Crippen LogP contribution is -2.32. The van der Waals surface area contributed by atoms with Crippen LogP contribution in [0.15, 0.2) is 243 Å². The largest absolute Gasteiger partial charge is 0.311 e. The summed E-state index contributed by atoms with van der Waals surface area (Å²) in [5.74, 6) is 1.95. The van der Waals surface area contributed by atoms with Crippen molar-refractivity contribution in [3.05, 3.63) is 265 Å². The highest BCUT2D eigenvalue weighted by Crippen LogP contribution is 2.55. The van der Waals surface area contributed by atoms with Gasteiger partial charge in [0.05, 0.1) is 0 Å². The molecule has 4 heteroatoms. The van der Waals surface area contributed by atoms with E-state index < -0.39 is 5.41 Å². The molecule has 1 heterocycles. The Morgan fingerprint density at radius 1 is 0.274 bits per heavy atom. The molecule has 11 rings (SSSR count). The summed E-state index contributed by atoms with van der Waals surface area (Å²) >= 11 is 0. The summed E-state index contributed by atoms with van der Waals surface area (Å²) in [5, 5.41) is 0. The van der Waals surface area contributed by atoms with E-state index >= 15 is 0 Å². The molecule has 292 valence electrons. The lowest BCUT2D eigenvalue weighted by Gasteiger charge is -2.33. The topological polar surface area (TPSA) is 41.9 Å². The molecule has 0 saturated carbocycles. The van der Waals surface area contributed by atoms with Crippen molar-refractivity contribution < 1.29 is 0 Å². The molecule has 0 saturated heterocycles. The second-order valence-electron chi connectivity index (χ2n) is 15.6. The number of rotatable bonds is 9. The molecule has 0 spiro atoms. The minimum Gasteiger partial charge on any atom is -0.311 e. The van der Waals surface area contributed by atoms with Gasteiger partial charge in [-0.2, -0.15) is 0 Å². The lowest BCUT2D eigenvalue weighted by molar-refractivity contribution is 0.692. The highest BCUT2D eigenvalue weighted by atomic mass is 15.1. The van der Waals surface area contributed by atoms with E-state index in [1.54, 1.807) is 0 Å². The van der Waals surface area contributed by atoms with Crippen LogP contribution in [0.25, 0.3) is 56.2 Å². The van der Waals surface area contributed by atoms with E-state index in [-0.39, 0.29) is 0 Å². The number of hydrogen-bond donors (Lipinski definition) is 0. The smallest absolute Gasteiger partial charge is 0.163 e. The molecule has 0 atom stereocenters. The molecule has 4 nitrogen and oxygen atoms in total. The van der Waals surface area contributed by atoms with Gasteiger partial charge in [0.25, 0.3) is 0 Å². The number of anilines is 3. The minimum atomic E-state index is -0.846. The molecule has 0 unspecified atom stereocenters. The summed E-state index contributed by atoms with van der Waals surface area (Å²) in [6.45, 7) is 0. The average molecular weight is 793 g/mol. The van der Waals surface area contributed by atoms with Gasteiger partial charge in [-0.15, -0.1) is 0 Å². The van der Waals surface area contributed by atoms with Crippen molar-refractivity contribution in [3.8, 4) is 56.2 Å². The van der Waals surface area contributed by atoms with Crippen LogP contribution in [0.2, 0.25) is 0 Å². The summed E-state index contributed by atoms with van der Waals surface area (Å²) in [6, 6.07) is 85.7. The van der Waals surface area contributed by atoms with Crippen LogP contribution in [0, 0.1) is 0 Å². The van der Waals surface area contributed by atoms with Gasteiger partial charge in [-0.3, -0.25) is 0 Å². The highest BCUT2D eigenvalue weighted by molar-refractivity contribution is 5.87. The predicted molar refractivity (Wildman–Crippen MR) is 254 cm³/mol. The third kappa shape index (κ3) is 6.46. The van der Waals surface area contributed by atoms with Crippen LogP contribution in [0.1, 0.15) is 22.5 Å². The van der Waals surface area contributed by atoms with Crippen LogP contribution in [0.4, 0.5) is 17.1 Å². The van der Waals surface area contributed by atoms with E-state index in [0.29, 0.717) is 17.5 Å². The first-order valence-corrected chi connectivity index (χ1v) is 21.0. The number of benzene rings is 9. The Hall–Kier alpha value is -8.21. The first-order valence-electron chi connectivity index (χ1n) is 21.0. The van der Waals surface area contributed by atoms with Crippen LogP contribution < -0.4 is 4.90 Å². The van der Waals surface area contributed by atoms with Crippen molar-refractivity contribution in [2.24, 2.45) is 0 Å². The van der Waals surface area contributed by atoms with Gasteiger partial charge < -0.3 is 4.90 Å². The molecule has 1 aromatic heterocycles. The van der Waals surface area contributed by atoms with E-state index in [0.717, 1.165) is 44.9 Å². The maximum Gasteiger partial charge on any atom is 0.163 e. The minimum absolute atomic E-state index is 0.636. The number of nitrogens with zero attached hydrogens (tertiary/aromatic N) is 4. The van der Waals surface area contributed by atoms with Gasteiger partial charge in [0.1, 0.15) is 5.41 Å². The first-order chi connectivity index (χ1) is 30.7. The molecule has 10 aromatic rings. The predicted octanol–water partition coefficient (Wildman–Crippen LogP) is 14.4. The Balaban J connectivity index is 1.10. The maximum atomic E-state index is 5.44. The molecule has 0 amide bonds. The van der Waals surface area contributed by atoms with Gasteiger partial charge in [-0.1, -0.05) is 206 Å². The maximum absolute atomic E-state index is 5.44. The molecule has 0 N–H and O–H groups in total. The van der Waals surface area contributed by atoms with E-state index in [1.165, 1.54) is 33.4 Å². The van der Waals surface area contributed by atoms with Crippen LogP contribution in [-0.4, -0.2) is 15.0 Å². The molecular formula is C58H40N4. The molecular weight excluding hydrogens is 753 g/mol. The Bertz CT molecular complexity index is 2950. The Labute approximate surface area is 362 Å². The fraction of sp³-hybridized carbons (Fsp3) is 0.0172. The number of hydrogen-bond acceptors (Lipinski definition) is 4.